The van der Waals surface area contributed by atoms with E-state index in [1.807, 2.05) is 12.1 Å². The lowest BCUT2D eigenvalue weighted by Crippen LogP contribution is -1.97. The predicted molar refractivity (Wildman–Crippen MR) is 47.0 cm³/mol. The van der Waals surface area contributed by atoms with Gasteiger partial charge in [0.15, 0.2) is 0 Å². The van der Waals surface area contributed by atoms with Crippen LogP contribution in [0.1, 0.15) is 24.3 Å². The minimum atomic E-state index is -0.150. The maximum Gasteiger partial charge on any atom is 0.123 e. The third kappa shape index (κ3) is 1.25. The normalized spacial score (nSPS) is 31.8. The van der Waals surface area contributed by atoms with E-state index in [0.29, 0.717) is 18.1 Å². The number of benzene rings is 1. The Bertz CT molecular complexity index is 309. The molecule has 1 heterocycles. The number of hydrogen-bond donors (Lipinski definition) is 0. The highest BCUT2D eigenvalue weighted by molar-refractivity contribution is 5.23. The number of halogens is 1. The molecule has 68 valence electrons. The molecule has 3 rings (SSSR count). The summed E-state index contributed by atoms with van der Waals surface area (Å²) in [6.45, 7) is 0. The highest BCUT2D eigenvalue weighted by Crippen LogP contribution is 2.46. The zero-order valence-corrected chi connectivity index (χ0v) is 7.24. The summed E-state index contributed by atoms with van der Waals surface area (Å²) in [6, 6.07) is 6.87. The Labute approximate surface area is 76.5 Å². The molecule has 2 atom stereocenters. The summed E-state index contributed by atoms with van der Waals surface area (Å²) in [6.07, 6.45) is 3.26. The highest BCUT2D eigenvalue weighted by atomic mass is 19.1. The Morgan fingerprint density at radius 3 is 2.31 bits per heavy atom. The van der Waals surface area contributed by atoms with E-state index in [9.17, 15) is 4.39 Å². The van der Waals surface area contributed by atoms with E-state index < -0.39 is 0 Å². The first-order valence-electron chi connectivity index (χ1n) is 4.74. The van der Waals surface area contributed by atoms with Crippen LogP contribution in [0.25, 0.3) is 0 Å². The maximum atomic E-state index is 12.6. The molecule has 2 fully saturated rings. The molecule has 1 nitrogen and oxygen atoms in total. The summed E-state index contributed by atoms with van der Waals surface area (Å²) in [5.74, 6) is 0.451. The smallest absolute Gasteiger partial charge is 0.123 e. The van der Waals surface area contributed by atoms with Crippen LogP contribution in [0.4, 0.5) is 4.39 Å². The highest BCUT2D eigenvalue weighted by Gasteiger charge is 2.48. The molecule has 0 amide bonds. The molecule has 2 heteroatoms. The number of epoxide rings is 1. The summed E-state index contributed by atoms with van der Waals surface area (Å²) < 4.78 is 18.0. The van der Waals surface area contributed by atoms with E-state index in [1.54, 1.807) is 12.1 Å². The minimum absolute atomic E-state index is 0.150. The zero-order chi connectivity index (χ0) is 8.84. The van der Waals surface area contributed by atoms with Crippen LogP contribution in [0.5, 0.6) is 0 Å². The van der Waals surface area contributed by atoms with Crippen molar-refractivity contribution < 1.29 is 9.13 Å². The Kier molecular flexibility index (Phi) is 1.47. The second-order valence-corrected chi connectivity index (χ2v) is 3.93. The van der Waals surface area contributed by atoms with Gasteiger partial charge in [-0.3, -0.25) is 0 Å². The Morgan fingerprint density at radius 2 is 1.69 bits per heavy atom. The molecule has 0 aromatic heterocycles. The molecule has 1 aromatic carbocycles. The molecule has 0 spiro atoms. The van der Waals surface area contributed by atoms with Crippen molar-refractivity contribution >= 4 is 0 Å². The van der Waals surface area contributed by atoms with Crippen molar-refractivity contribution in [2.45, 2.75) is 31.0 Å². The molecule has 1 saturated heterocycles. The number of ether oxygens (including phenoxy) is 1. The van der Waals surface area contributed by atoms with Gasteiger partial charge in [-0.1, -0.05) is 12.1 Å². The van der Waals surface area contributed by atoms with Gasteiger partial charge in [0.2, 0.25) is 0 Å². The van der Waals surface area contributed by atoms with Gasteiger partial charge in [0.05, 0.1) is 12.2 Å². The fourth-order valence-electron chi connectivity index (χ4n) is 2.26. The van der Waals surface area contributed by atoms with Crippen LogP contribution < -0.4 is 0 Å². The number of fused-ring (bicyclic) bond motifs is 1. The van der Waals surface area contributed by atoms with Crippen LogP contribution in [-0.4, -0.2) is 12.2 Å². The van der Waals surface area contributed by atoms with Crippen LogP contribution in [0, 0.1) is 5.82 Å². The van der Waals surface area contributed by atoms with Crippen molar-refractivity contribution in [3.63, 3.8) is 0 Å². The van der Waals surface area contributed by atoms with Gasteiger partial charge >= 0.3 is 0 Å². The van der Waals surface area contributed by atoms with Gasteiger partial charge in [-0.05, 0) is 36.5 Å². The summed E-state index contributed by atoms with van der Waals surface area (Å²) >= 11 is 0. The van der Waals surface area contributed by atoms with Gasteiger partial charge in [-0.15, -0.1) is 0 Å². The molecule has 0 unspecified atom stereocenters. The van der Waals surface area contributed by atoms with Crippen LogP contribution in [0.3, 0.4) is 0 Å². The summed E-state index contributed by atoms with van der Waals surface area (Å²) in [5.41, 5.74) is 1.26. The first kappa shape index (κ1) is 7.51. The standard InChI is InChI=1S/C11H11FO/c12-9-3-1-7(2-4-9)8-5-10-11(6-8)13-10/h1-4,8,10-11H,5-6H2/t10-,11-/m1/s1. The Hall–Kier alpha value is -0.890. The summed E-state index contributed by atoms with van der Waals surface area (Å²) in [7, 11) is 0. The van der Waals surface area contributed by atoms with Gasteiger partial charge in [0.1, 0.15) is 5.82 Å². The quantitative estimate of drug-likeness (QED) is 0.602. The molecule has 1 aliphatic heterocycles. The Morgan fingerprint density at radius 1 is 1.08 bits per heavy atom. The first-order valence-corrected chi connectivity index (χ1v) is 4.74. The summed E-state index contributed by atoms with van der Waals surface area (Å²) in [4.78, 5) is 0. The molecule has 1 aromatic rings. The average Bonchev–Trinajstić information content (AvgIpc) is 2.75. The van der Waals surface area contributed by atoms with Gasteiger partial charge in [-0.25, -0.2) is 4.39 Å². The minimum Gasteiger partial charge on any atom is -0.370 e. The van der Waals surface area contributed by atoms with Crippen LogP contribution in [-0.2, 0) is 4.74 Å². The van der Waals surface area contributed by atoms with E-state index in [0.717, 1.165) is 12.8 Å². The summed E-state index contributed by atoms with van der Waals surface area (Å²) in [5, 5.41) is 0. The molecule has 1 aliphatic carbocycles. The van der Waals surface area contributed by atoms with Crippen molar-refractivity contribution in [1.29, 1.82) is 0 Å². The zero-order valence-electron chi connectivity index (χ0n) is 7.24. The van der Waals surface area contributed by atoms with Crippen molar-refractivity contribution in [3.8, 4) is 0 Å². The molecule has 0 N–H and O–H groups in total. The lowest BCUT2D eigenvalue weighted by Gasteiger charge is -2.10. The molecule has 0 radical (unpaired) electrons. The molecule has 1 saturated carbocycles. The van der Waals surface area contributed by atoms with E-state index in [1.165, 1.54) is 5.56 Å². The fourth-order valence-corrected chi connectivity index (χ4v) is 2.26. The van der Waals surface area contributed by atoms with Gasteiger partial charge in [0, 0.05) is 0 Å². The van der Waals surface area contributed by atoms with Crippen molar-refractivity contribution in [1.82, 2.24) is 0 Å². The van der Waals surface area contributed by atoms with Crippen molar-refractivity contribution in [3.05, 3.63) is 35.6 Å². The third-order valence-electron chi connectivity index (χ3n) is 3.06. The van der Waals surface area contributed by atoms with E-state index in [4.69, 9.17) is 4.74 Å². The van der Waals surface area contributed by atoms with Gasteiger partial charge in [0.25, 0.3) is 0 Å². The monoisotopic (exact) mass is 178 g/mol. The topological polar surface area (TPSA) is 12.5 Å². The molecule has 0 bridgehead atoms. The predicted octanol–water partition coefficient (Wildman–Crippen LogP) is 2.47. The van der Waals surface area contributed by atoms with Crippen LogP contribution in [0.2, 0.25) is 0 Å². The lowest BCUT2D eigenvalue weighted by atomic mass is 9.97. The maximum absolute atomic E-state index is 12.6. The number of hydrogen-bond acceptors (Lipinski definition) is 1. The van der Waals surface area contributed by atoms with Gasteiger partial charge < -0.3 is 4.74 Å². The number of rotatable bonds is 1. The van der Waals surface area contributed by atoms with Gasteiger partial charge in [-0.2, -0.15) is 0 Å². The molecule has 2 aliphatic rings. The van der Waals surface area contributed by atoms with Crippen molar-refractivity contribution in [2.24, 2.45) is 0 Å². The fraction of sp³-hybridized carbons (Fsp3) is 0.455. The van der Waals surface area contributed by atoms with Crippen LogP contribution in [0.15, 0.2) is 24.3 Å². The first-order chi connectivity index (χ1) is 6.33. The van der Waals surface area contributed by atoms with Crippen LogP contribution >= 0.6 is 0 Å². The Balaban J connectivity index is 1.81. The SMILES string of the molecule is Fc1ccc(C2C[C@H]3O[C@@H]3C2)cc1. The van der Waals surface area contributed by atoms with E-state index >= 15 is 0 Å². The molecular formula is C11H11FO. The average molecular weight is 178 g/mol. The third-order valence-corrected chi connectivity index (χ3v) is 3.06. The second kappa shape index (κ2) is 2.55. The van der Waals surface area contributed by atoms with E-state index in [-0.39, 0.29) is 5.82 Å². The van der Waals surface area contributed by atoms with E-state index in [2.05, 4.69) is 0 Å². The lowest BCUT2D eigenvalue weighted by molar-refractivity contribution is 0.304. The van der Waals surface area contributed by atoms with Crippen molar-refractivity contribution in [2.75, 3.05) is 0 Å². The molecular weight excluding hydrogens is 167 g/mol. The second-order valence-electron chi connectivity index (χ2n) is 3.93. The largest absolute Gasteiger partial charge is 0.370 e. The molecule has 13 heavy (non-hydrogen) atoms.